The van der Waals surface area contributed by atoms with E-state index in [-0.39, 0.29) is 12.0 Å². The lowest BCUT2D eigenvalue weighted by molar-refractivity contribution is -0.138. The molecule has 29 heavy (non-hydrogen) atoms. The summed E-state index contributed by atoms with van der Waals surface area (Å²) in [4.78, 5) is 11.2. The van der Waals surface area contributed by atoms with Gasteiger partial charge in [-0.05, 0) is 36.8 Å². The molecule has 0 aromatic heterocycles. The quantitative estimate of drug-likeness (QED) is 0.453. The van der Waals surface area contributed by atoms with Crippen molar-refractivity contribution in [3.63, 3.8) is 0 Å². The molecule has 2 atom stereocenters. The normalized spacial score (nSPS) is 18.7. The van der Waals surface area contributed by atoms with Crippen LogP contribution in [0.3, 0.4) is 0 Å². The number of nitrogens with one attached hydrogen (secondary N) is 1. The van der Waals surface area contributed by atoms with Crippen LogP contribution in [0.15, 0.2) is 24.3 Å². The number of rotatable bonds is 7. The third kappa shape index (κ3) is 5.19. The molecule has 1 aliphatic rings. The fraction of sp³-hybridized carbons (Fsp3) is 0.316. The van der Waals surface area contributed by atoms with Crippen LogP contribution in [-0.4, -0.2) is 29.5 Å². The van der Waals surface area contributed by atoms with Crippen molar-refractivity contribution in [1.82, 2.24) is 5.32 Å². The second kappa shape index (κ2) is 9.86. The van der Waals surface area contributed by atoms with Gasteiger partial charge in [0.15, 0.2) is 11.5 Å². The highest BCUT2D eigenvalue weighted by Crippen LogP contribution is 2.43. The van der Waals surface area contributed by atoms with Crippen LogP contribution in [0, 0.1) is 0 Å². The number of ether oxygens (including phenoxy) is 2. The second-order valence-electron chi connectivity index (χ2n) is 6.14. The van der Waals surface area contributed by atoms with Crippen LogP contribution in [-0.2, 0) is 11.4 Å². The van der Waals surface area contributed by atoms with Crippen molar-refractivity contribution in [2.75, 3.05) is 12.4 Å². The summed E-state index contributed by atoms with van der Waals surface area (Å²) in [5, 5.41) is 13.5. The lowest BCUT2D eigenvalue weighted by atomic mass is 10.1. The Bertz CT molecular complexity index is 928. The molecule has 2 unspecified atom stereocenters. The van der Waals surface area contributed by atoms with E-state index in [9.17, 15) is 9.90 Å². The van der Waals surface area contributed by atoms with E-state index in [1.54, 1.807) is 24.3 Å². The summed E-state index contributed by atoms with van der Waals surface area (Å²) in [5.74, 6) is 0.380. The van der Waals surface area contributed by atoms with Gasteiger partial charge in [-0.2, -0.15) is 0 Å². The number of benzene rings is 2. The fourth-order valence-electron chi connectivity index (χ4n) is 2.79. The molecule has 2 aromatic rings. The number of hydrogen-bond donors (Lipinski definition) is 2. The highest BCUT2D eigenvalue weighted by atomic mass is 35.5. The van der Waals surface area contributed by atoms with Gasteiger partial charge in [-0.25, -0.2) is 0 Å². The summed E-state index contributed by atoms with van der Waals surface area (Å²) >= 11 is 26.5. The molecular formula is C19H17Cl4NO4S. The molecule has 0 radical (unpaired) electrons. The second-order valence-corrected chi connectivity index (χ2v) is 8.88. The predicted molar refractivity (Wildman–Crippen MR) is 118 cm³/mol. The minimum absolute atomic E-state index is 0.0505. The molecule has 1 aliphatic heterocycles. The lowest BCUT2D eigenvalue weighted by Crippen LogP contribution is -2.33. The van der Waals surface area contributed by atoms with Gasteiger partial charge in [-0.1, -0.05) is 46.4 Å². The third-order valence-corrected chi connectivity index (χ3v) is 6.96. The minimum Gasteiger partial charge on any atom is -0.490 e. The van der Waals surface area contributed by atoms with Gasteiger partial charge in [-0.15, -0.1) is 11.8 Å². The third-order valence-electron chi connectivity index (χ3n) is 4.21. The zero-order valence-corrected chi connectivity index (χ0v) is 19.0. The molecule has 0 bridgehead atoms. The molecule has 2 N–H and O–H groups in total. The Morgan fingerprint density at radius 3 is 2.55 bits per heavy atom. The first-order valence-electron chi connectivity index (χ1n) is 8.63. The Morgan fingerprint density at radius 2 is 1.90 bits per heavy atom. The van der Waals surface area contributed by atoms with E-state index < -0.39 is 12.0 Å². The molecule has 0 aliphatic carbocycles. The van der Waals surface area contributed by atoms with Crippen molar-refractivity contribution in [3.8, 4) is 11.5 Å². The van der Waals surface area contributed by atoms with E-state index in [1.165, 1.54) is 11.8 Å². The molecule has 0 spiro atoms. The summed E-state index contributed by atoms with van der Waals surface area (Å²) < 4.78 is 11.6. The summed E-state index contributed by atoms with van der Waals surface area (Å²) in [7, 11) is 0. The maximum Gasteiger partial charge on any atom is 0.321 e. The molecule has 5 nitrogen and oxygen atoms in total. The zero-order valence-electron chi connectivity index (χ0n) is 15.2. The number of carbonyl (C=O) groups is 1. The predicted octanol–water partition coefficient (Wildman–Crippen LogP) is 6.07. The highest BCUT2D eigenvalue weighted by molar-refractivity contribution is 7.99. The molecular weight excluding hydrogens is 480 g/mol. The van der Waals surface area contributed by atoms with Crippen LogP contribution in [0.4, 0.5) is 0 Å². The molecule has 1 heterocycles. The number of aliphatic carboxylic acids is 1. The average Bonchev–Trinajstić information content (AvgIpc) is 3.17. The lowest BCUT2D eigenvalue weighted by Gasteiger charge is -2.18. The first kappa shape index (κ1) is 22.7. The monoisotopic (exact) mass is 495 g/mol. The van der Waals surface area contributed by atoms with Crippen LogP contribution < -0.4 is 14.8 Å². The van der Waals surface area contributed by atoms with E-state index in [2.05, 4.69) is 5.32 Å². The van der Waals surface area contributed by atoms with Gasteiger partial charge in [0.1, 0.15) is 12.6 Å². The van der Waals surface area contributed by atoms with E-state index in [4.69, 9.17) is 55.9 Å². The Labute approximate surface area is 192 Å². The summed E-state index contributed by atoms with van der Waals surface area (Å²) in [5.41, 5.74) is 1.35. The molecule has 2 aromatic carbocycles. The maximum atomic E-state index is 11.2. The number of halogens is 4. The van der Waals surface area contributed by atoms with Crippen LogP contribution in [0.2, 0.25) is 20.1 Å². The van der Waals surface area contributed by atoms with Gasteiger partial charge in [0, 0.05) is 16.3 Å². The van der Waals surface area contributed by atoms with Gasteiger partial charge in [0.05, 0.1) is 27.0 Å². The number of carboxylic acids is 1. The van der Waals surface area contributed by atoms with Crippen LogP contribution in [0.5, 0.6) is 11.5 Å². The molecule has 1 saturated heterocycles. The summed E-state index contributed by atoms with van der Waals surface area (Å²) in [6.07, 6.45) is 0. The Balaban J connectivity index is 1.86. The molecule has 0 amide bonds. The van der Waals surface area contributed by atoms with Crippen LogP contribution in [0.25, 0.3) is 0 Å². The summed E-state index contributed by atoms with van der Waals surface area (Å²) in [6, 6.07) is 6.17. The van der Waals surface area contributed by atoms with E-state index >= 15 is 0 Å². The van der Waals surface area contributed by atoms with Crippen molar-refractivity contribution in [2.45, 2.75) is 24.9 Å². The first-order chi connectivity index (χ1) is 13.8. The Morgan fingerprint density at radius 1 is 1.17 bits per heavy atom. The Kier molecular flexibility index (Phi) is 7.70. The van der Waals surface area contributed by atoms with Crippen molar-refractivity contribution >= 4 is 64.1 Å². The van der Waals surface area contributed by atoms with Crippen LogP contribution in [0.1, 0.15) is 23.4 Å². The largest absolute Gasteiger partial charge is 0.490 e. The van der Waals surface area contributed by atoms with Gasteiger partial charge in [0.25, 0.3) is 0 Å². The molecule has 1 fully saturated rings. The van der Waals surface area contributed by atoms with Crippen molar-refractivity contribution in [1.29, 1.82) is 0 Å². The zero-order chi connectivity index (χ0) is 21.1. The maximum absolute atomic E-state index is 11.2. The summed E-state index contributed by atoms with van der Waals surface area (Å²) in [6.45, 7) is 2.30. The van der Waals surface area contributed by atoms with Gasteiger partial charge in [-0.3, -0.25) is 10.1 Å². The standard InChI is InChI=1S/C19H17Cl4NO4S/c1-2-27-15-6-9(18-24-14(8-29-18)19(25)26)5-13(22)17(15)28-7-10-11(20)3-4-12(21)16(10)23/h3-6,14,18,24H,2,7-8H2,1H3,(H,25,26). The smallest absolute Gasteiger partial charge is 0.321 e. The molecule has 0 saturated carbocycles. The number of hydrogen-bond acceptors (Lipinski definition) is 5. The van der Waals surface area contributed by atoms with Gasteiger partial charge in [0.2, 0.25) is 0 Å². The molecule has 156 valence electrons. The topological polar surface area (TPSA) is 67.8 Å². The van der Waals surface area contributed by atoms with Crippen molar-refractivity contribution < 1.29 is 19.4 Å². The number of thioether (sulfide) groups is 1. The first-order valence-corrected chi connectivity index (χ1v) is 11.2. The number of carboxylic acid groups (broad SMARTS) is 1. The van der Waals surface area contributed by atoms with E-state index in [0.717, 1.165) is 5.56 Å². The van der Waals surface area contributed by atoms with Crippen molar-refractivity contribution in [3.05, 3.63) is 55.5 Å². The minimum atomic E-state index is -0.883. The Hall–Kier alpha value is -1.02. The van der Waals surface area contributed by atoms with E-state index in [1.807, 2.05) is 6.92 Å². The molecule has 3 rings (SSSR count). The van der Waals surface area contributed by atoms with Crippen molar-refractivity contribution in [2.24, 2.45) is 0 Å². The van der Waals surface area contributed by atoms with Crippen LogP contribution >= 0.6 is 58.2 Å². The van der Waals surface area contributed by atoms with E-state index in [0.29, 0.717) is 49.5 Å². The molecule has 10 heteroatoms. The van der Waals surface area contributed by atoms with Gasteiger partial charge >= 0.3 is 5.97 Å². The highest BCUT2D eigenvalue weighted by Gasteiger charge is 2.31. The average molecular weight is 497 g/mol. The van der Waals surface area contributed by atoms with Gasteiger partial charge < -0.3 is 14.6 Å². The SMILES string of the molecule is CCOc1cc(C2NC(C(=O)O)CS2)cc(Cl)c1OCc1c(Cl)ccc(Cl)c1Cl. The fourth-order valence-corrected chi connectivity index (χ4v) is 4.94.